The Bertz CT molecular complexity index is 411. The minimum Gasteiger partial charge on any atom is -0.317 e. The Kier molecular flexibility index (Phi) is 5.96. The van der Waals surface area contributed by atoms with E-state index in [4.69, 9.17) is 0 Å². The molecule has 112 valence electrons. The van der Waals surface area contributed by atoms with Gasteiger partial charge in [-0.2, -0.15) is 0 Å². The summed E-state index contributed by atoms with van der Waals surface area (Å²) in [6, 6.07) is 3.96. The van der Waals surface area contributed by atoms with Crippen LogP contribution in [0.3, 0.4) is 0 Å². The minimum absolute atomic E-state index is 0.231. The highest BCUT2D eigenvalue weighted by atomic mass is 19.1. The van der Waals surface area contributed by atoms with Crippen LogP contribution in [0.4, 0.5) is 8.78 Å². The monoisotopic (exact) mass is 281 g/mol. The maximum atomic E-state index is 13.7. The zero-order chi connectivity index (χ0) is 14.4. The van der Waals surface area contributed by atoms with Crippen molar-refractivity contribution in [1.29, 1.82) is 0 Å². The third kappa shape index (κ3) is 4.55. The normalized spacial score (nSPS) is 18.8. The smallest absolute Gasteiger partial charge is 0.126 e. The molecule has 0 saturated heterocycles. The Morgan fingerprint density at radius 2 is 1.85 bits per heavy atom. The highest BCUT2D eigenvalue weighted by molar-refractivity contribution is 5.19. The molecule has 0 aromatic heterocycles. The van der Waals surface area contributed by atoms with Crippen LogP contribution in [0.15, 0.2) is 18.2 Å². The molecule has 1 aliphatic rings. The lowest BCUT2D eigenvalue weighted by Gasteiger charge is -2.22. The molecule has 1 atom stereocenters. The van der Waals surface area contributed by atoms with Crippen LogP contribution < -0.4 is 5.32 Å². The lowest BCUT2D eigenvalue weighted by Crippen LogP contribution is -2.30. The van der Waals surface area contributed by atoms with Gasteiger partial charge >= 0.3 is 0 Å². The Labute approximate surface area is 120 Å². The molecule has 0 amide bonds. The van der Waals surface area contributed by atoms with Crippen LogP contribution in [0, 0.1) is 17.6 Å². The molecule has 1 nitrogen and oxygen atoms in total. The SMILES string of the molecule is CNC(Cc1cc(F)ccc1F)CC1CCCCCC1. The first kappa shape index (κ1) is 15.4. The Hall–Kier alpha value is -0.960. The van der Waals surface area contributed by atoms with Crippen molar-refractivity contribution < 1.29 is 8.78 Å². The van der Waals surface area contributed by atoms with Gasteiger partial charge in [-0.1, -0.05) is 38.5 Å². The van der Waals surface area contributed by atoms with Gasteiger partial charge in [0, 0.05) is 6.04 Å². The van der Waals surface area contributed by atoms with Gasteiger partial charge in [0.1, 0.15) is 11.6 Å². The summed E-state index contributed by atoms with van der Waals surface area (Å²) in [7, 11) is 1.92. The van der Waals surface area contributed by atoms with Crippen LogP contribution in [-0.4, -0.2) is 13.1 Å². The molecule has 1 unspecified atom stereocenters. The number of halogens is 2. The van der Waals surface area contributed by atoms with Crippen molar-refractivity contribution >= 4 is 0 Å². The van der Waals surface area contributed by atoms with Crippen molar-refractivity contribution in [2.75, 3.05) is 7.05 Å². The number of hydrogen-bond acceptors (Lipinski definition) is 1. The number of benzene rings is 1. The molecule has 0 bridgehead atoms. The third-order valence-electron chi connectivity index (χ3n) is 4.47. The van der Waals surface area contributed by atoms with Crippen LogP contribution in [0.25, 0.3) is 0 Å². The Morgan fingerprint density at radius 1 is 1.15 bits per heavy atom. The maximum Gasteiger partial charge on any atom is 0.126 e. The first-order valence-corrected chi connectivity index (χ1v) is 7.80. The molecule has 0 spiro atoms. The summed E-state index contributed by atoms with van der Waals surface area (Å²) in [6.45, 7) is 0. The minimum atomic E-state index is -0.356. The maximum absolute atomic E-state index is 13.7. The van der Waals surface area contributed by atoms with Crippen molar-refractivity contribution in [2.45, 2.75) is 57.4 Å². The van der Waals surface area contributed by atoms with Crippen LogP contribution in [-0.2, 0) is 6.42 Å². The summed E-state index contributed by atoms with van der Waals surface area (Å²) in [4.78, 5) is 0. The molecular weight excluding hydrogens is 256 g/mol. The fraction of sp³-hybridized carbons (Fsp3) is 0.647. The van der Waals surface area contributed by atoms with E-state index in [0.29, 0.717) is 12.0 Å². The first-order valence-electron chi connectivity index (χ1n) is 7.80. The molecule has 2 rings (SSSR count). The van der Waals surface area contributed by atoms with Gasteiger partial charge in [0.05, 0.1) is 0 Å². The van der Waals surface area contributed by atoms with Crippen molar-refractivity contribution in [3.63, 3.8) is 0 Å². The zero-order valence-electron chi connectivity index (χ0n) is 12.3. The lowest BCUT2D eigenvalue weighted by molar-refractivity contribution is 0.359. The summed E-state index contributed by atoms with van der Waals surface area (Å²) in [5.74, 6) is 0.0739. The largest absolute Gasteiger partial charge is 0.317 e. The summed E-state index contributed by atoms with van der Waals surface area (Å²) < 4.78 is 26.9. The number of likely N-dealkylation sites (N-methyl/N-ethyl adjacent to an activating group) is 1. The second kappa shape index (κ2) is 7.72. The molecule has 1 aromatic rings. The second-order valence-electron chi connectivity index (χ2n) is 6.02. The van der Waals surface area contributed by atoms with Crippen molar-refractivity contribution in [2.24, 2.45) is 5.92 Å². The fourth-order valence-electron chi connectivity index (χ4n) is 3.27. The zero-order valence-corrected chi connectivity index (χ0v) is 12.3. The van der Waals surface area contributed by atoms with E-state index in [0.717, 1.165) is 12.3 Å². The molecule has 1 N–H and O–H groups in total. The molecule has 1 aromatic carbocycles. The van der Waals surface area contributed by atoms with Gasteiger partial charge in [0.25, 0.3) is 0 Å². The molecule has 1 fully saturated rings. The molecule has 0 aliphatic heterocycles. The number of rotatable bonds is 5. The summed E-state index contributed by atoms with van der Waals surface area (Å²) in [5, 5.41) is 3.28. The lowest BCUT2D eigenvalue weighted by atomic mass is 9.90. The van der Waals surface area contributed by atoms with E-state index in [2.05, 4.69) is 5.32 Å². The van der Waals surface area contributed by atoms with Crippen LogP contribution in [0.5, 0.6) is 0 Å². The predicted octanol–water partition coefficient (Wildman–Crippen LogP) is 4.46. The summed E-state index contributed by atoms with van der Waals surface area (Å²) in [5.41, 5.74) is 0.484. The van der Waals surface area contributed by atoms with E-state index in [-0.39, 0.29) is 17.7 Å². The first-order chi connectivity index (χ1) is 9.69. The van der Waals surface area contributed by atoms with Crippen molar-refractivity contribution in [1.82, 2.24) is 5.32 Å². The number of hydrogen-bond donors (Lipinski definition) is 1. The van der Waals surface area contributed by atoms with E-state index >= 15 is 0 Å². The van der Waals surface area contributed by atoms with Crippen LogP contribution >= 0.6 is 0 Å². The van der Waals surface area contributed by atoms with E-state index in [1.807, 2.05) is 7.05 Å². The topological polar surface area (TPSA) is 12.0 Å². The van der Waals surface area contributed by atoms with Gasteiger partial charge in [-0.25, -0.2) is 8.78 Å². The van der Waals surface area contributed by atoms with E-state index in [1.165, 1.54) is 56.7 Å². The molecule has 20 heavy (non-hydrogen) atoms. The Morgan fingerprint density at radius 3 is 2.50 bits per heavy atom. The third-order valence-corrected chi connectivity index (χ3v) is 4.47. The molecule has 1 aliphatic carbocycles. The predicted molar refractivity (Wildman–Crippen MR) is 78.7 cm³/mol. The van der Waals surface area contributed by atoms with E-state index in [1.54, 1.807) is 0 Å². The van der Waals surface area contributed by atoms with E-state index < -0.39 is 0 Å². The quantitative estimate of drug-likeness (QED) is 0.786. The van der Waals surface area contributed by atoms with Crippen molar-refractivity contribution in [3.8, 4) is 0 Å². The second-order valence-corrected chi connectivity index (χ2v) is 6.02. The van der Waals surface area contributed by atoms with E-state index in [9.17, 15) is 8.78 Å². The summed E-state index contributed by atoms with van der Waals surface area (Å²) >= 11 is 0. The van der Waals surface area contributed by atoms with Gasteiger partial charge in [-0.15, -0.1) is 0 Å². The Balaban J connectivity index is 1.95. The molecule has 0 heterocycles. The average molecular weight is 281 g/mol. The van der Waals surface area contributed by atoms with Crippen LogP contribution in [0.1, 0.15) is 50.5 Å². The summed E-state index contributed by atoms with van der Waals surface area (Å²) in [6.07, 6.45) is 9.51. The van der Waals surface area contributed by atoms with Gasteiger partial charge in [-0.3, -0.25) is 0 Å². The van der Waals surface area contributed by atoms with Gasteiger partial charge < -0.3 is 5.32 Å². The highest BCUT2D eigenvalue weighted by Gasteiger charge is 2.18. The fourth-order valence-corrected chi connectivity index (χ4v) is 3.27. The van der Waals surface area contributed by atoms with Crippen molar-refractivity contribution in [3.05, 3.63) is 35.4 Å². The molecule has 3 heteroatoms. The van der Waals surface area contributed by atoms with Gasteiger partial charge in [-0.05, 0) is 49.6 Å². The van der Waals surface area contributed by atoms with Gasteiger partial charge in [0.15, 0.2) is 0 Å². The average Bonchev–Trinajstić information content (AvgIpc) is 2.70. The standard InChI is InChI=1S/C17H25F2N/c1-20-16(10-13-6-4-2-3-5-7-13)12-14-11-15(18)8-9-17(14)19/h8-9,11,13,16,20H,2-7,10,12H2,1H3. The molecular formula is C17H25F2N. The molecule has 1 saturated carbocycles. The highest BCUT2D eigenvalue weighted by Crippen LogP contribution is 2.27. The van der Waals surface area contributed by atoms with Gasteiger partial charge in [0.2, 0.25) is 0 Å². The van der Waals surface area contributed by atoms with Crippen LogP contribution in [0.2, 0.25) is 0 Å². The molecule has 0 radical (unpaired) electrons. The number of nitrogens with one attached hydrogen (secondary N) is 1.